The summed E-state index contributed by atoms with van der Waals surface area (Å²) in [6.07, 6.45) is 0. The highest BCUT2D eigenvalue weighted by Gasteiger charge is 2.17. The highest BCUT2D eigenvalue weighted by Crippen LogP contribution is 2.28. The lowest BCUT2D eigenvalue weighted by Gasteiger charge is -2.05. The maximum absolute atomic E-state index is 11.2. The predicted molar refractivity (Wildman–Crippen MR) is 66.2 cm³/mol. The molecule has 0 aliphatic rings. The van der Waals surface area contributed by atoms with Crippen molar-refractivity contribution in [1.29, 1.82) is 0 Å². The molecule has 2 heterocycles. The quantitative estimate of drug-likeness (QED) is 0.667. The first-order valence-electron chi connectivity index (χ1n) is 4.98. The molecule has 0 fully saturated rings. The van der Waals surface area contributed by atoms with Gasteiger partial charge in [-0.3, -0.25) is 4.79 Å². The van der Waals surface area contributed by atoms with Crippen LogP contribution in [-0.4, -0.2) is 25.7 Å². The van der Waals surface area contributed by atoms with E-state index in [1.165, 1.54) is 4.52 Å². The Morgan fingerprint density at radius 2 is 2.17 bits per heavy atom. The van der Waals surface area contributed by atoms with Gasteiger partial charge in [0, 0.05) is 0 Å². The summed E-state index contributed by atoms with van der Waals surface area (Å²) in [7, 11) is 0. The number of nitrogens with zero attached hydrogens (tertiary/aromatic N) is 4. The van der Waals surface area contributed by atoms with Gasteiger partial charge in [0.1, 0.15) is 5.82 Å². The van der Waals surface area contributed by atoms with E-state index in [-0.39, 0.29) is 17.2 Å². The minimum atomic E-state index is -0.710. The van der Waals surface area contributed by atoms with Gasteiger partial charge in [0.05, 0.1) is 15.9 Å². The average Bonchev–Trinajstić information content (AvgIpc) is 2.72. The normalized spacial score (nSPS) is 11.2. The highest BCUT2D eigenvalue weighted by atomic mass is 35.5. The molecule has 3 aromatic rings. The Kier molecular flexibility index (Phi) is 2.11. The Morgan fingerprint density at radius 1 is 1.39 bits per heavy atom. The van der Waals surface area contributed by atoms with Crippen LogP contribution in [0.25, 0.3) is 16.6 Å². The monoisotopic (exact) mass is 262 g/mol. The Bertz CT molecular complexity index is 796. The van der Waals surface area contributed by atoms with Gasteiger partial charge in [-0.15, -0.1) is 5.10 Å². The van der Waals surface area contributed by atoms with Crippen molar-refractivity contribution in [3.63, 3.8) is 0 Å². The van der Waals surface area contributed by atoms with Crippen molar-refractivity contribution in [1.82, 2.24) is 19.8 Å². The molecule has 8 heteroatoms. The van der Waals surface area contributed by atoms with Crippen LogP contribution in [0.1, 0.15) is 10.5 Å². The third-order valence-electron chi connectivity index (χ3n) is 2.58. The van der Waals surface area contributed by atoms with Crippen LogP contribution in [0.3, 0.4) is 0 Å². The van der Waals surface area contributed by atoms with E-state index in [0.717, 1.165) is 0 Å². The minimum absolute atomic E-state index is 0.0245. The van der Waals surface area contributed by atoms with Gasteiger partial charge >= 0.3 is 0 Å². The van der Waals surface area contributed by atoms with Gasteiger partial charge < -0.3 is 11.5 Å². The SMILES string of the molecule is NC(=O)c1nnn2c1nc(N)c1c(Cl)cccc12. The number of benzene rings is 1. The van der Waals surface area contributed by atoms with Gasteiger partial charge in [-0.1, -0.05) is 22.9 Å². The van der Waals surface area contributed by atoms with Crippen molar-refractivity contribution >= 4 is 39.9 Å². The third kappa shape index (κ3) is 1.31. The number of primary amides is 1. The number of rotatable bonds is 1. The van der Waals surface area contributed by atoms with E-state index in [1.54, 1.807) is 18.2 Å². The molecule has 4 N–H and O–H groups in total. The molecule has 0 saturated heterocycles. The Morgan fingerprint density at radius 3 is 2.89 bits per heavy atom. The second-order valence-corrected chi connectivity index (χ2v) is 4.08. The Labute approximate surface area is 105 Å². The molecule has 0 atom stereocenters. The third-order valence-corrected chi connectivity index (χ3v) is 2.90. The number of amides is 1. The number of carbonyl (C=O) groups is 1. The van der Waals surface area contributed by atoms with Crippen LogP contribution in [0.2, 0.25) is 5.02 Å². The summed E-state index contributed by atoms with van der Waals surface area (Å²) in [4.78, 5) is 15.3. The number of nitrogens with two attached hydrogens (primary N) is 2. The van der Waals surface area contributed by atoms with Crippen molar-refractivity contribution in [2.45, 2.75) is 0 Å². The van der Waals surface area contributed by atoms with Crippen molar-refractivity contribution in [2.75, 3.05) is 5.73 Å². The van der Waals surface area contributed by atoms with Gasteiger partial charge in [-0.05, 0) is 12.1 Å². The van der Waals surface area contributed by atoms with Crippen LogP contribution < -0.4 is 11.5 Å². The van der Waals surface area contributed by atoms with Gasteiger partial charge in [-0.25, -0.2) is 4.98 Å². The summed E-state index contributed by atoms with van der Waals surface area (Å²) in [5, 5.41) is 8.55. The molecule has 18 heavy (non-hydrogen) atoms. The lowest BCUT2D eigenvalue weighted by Crippen LogP contribution is -2.12. The Hall–Kier alpha value is -2.41. The van der Waals surface area contributed by atoms with Crippen molar-refractivity contribution < 1.29 is 4.79 Å². The molecule has 0 unspecified atom stereocenters. The molecule has 0 radical (unpaired) electrons. The van der Waals surface area contributed by atoms with Crippen LogP contribution in [0.15, 0.2) is 18.2 Å². The molecule has 3 rings (SSSR count). The summed E-state index contributed by atoms with van der Waals surface area (Å²) in [5.74, 6) is -0.508. The van der Waals surface area contributed by atoms with E-state index in [4.69, 9.17) is 23.1 Å². The number of aromatic nitrogens is 4. The molecule has 0 saturated carbocycles. The van der Waals surface area contributed by atoms with E-state index < -0.39 is 5.91 Å². The smallest absolute Gasteiger partial charge is 0.273 e. The minimum Gasteiger partial charge on any atom is -0.383 e. The number of fused-ring (bicyclic) bond motifs is 3. The van der Waals surface area contributed by atoms with Gasteiger partial charge in [0.2, 0.25) is 0 Å². The maximum Gasteiger partial charge on any atom is 0.273 e. The van der Waals surface area contributed by atoms with Crippen LogP contribution >= 0.6 is 11.6 Å². The molecule has 1 aromatic carbocycles. The van der Waals surface area contributed by atoms with Gasteiger partial charge in [-0.2, -0.15) is 4.52 Å². The summed E-state index contributed by atoms with van der Waals surface area (Å²) in [6, 6.07) is 5.20. The fourth-order valence-electron chi connectivity index (χ4n) is 1.81. The standard InChI is InChI=1S/C10H7ClN6O/c11-4-2-1-3-5-6(4)8(12)14-10-7(9(13)18)15-16-17(5)10/h1-3H,(H2,12,14)(H2,13,18). The van der Waals surface area contributed by atoms with Crippen LogP contribution in [0.4, 0.5) is 5.82 Å². The van der Waals surface area contributed by atoms with E-state index in [2.05, 4.69) is 15.3 Å². The van der Waals surface area contributed by atoms with E-state index in [9.17, 15) is 4.79 Å². The summed E-state index contributed by atoms with van der Waals surface area (Å²) < 4.78 is 1.39. The first-order valence-corrected chi connectivity index (χ1v) is 5.36. The second-order valence-electron chi connectivity index (χ2n) is 3.67. The maximum atomic E-state index is 11.2. The first-order chi connectivity index (χ1) is 8.59. The average molecular weight is 263 g/mol. The van der Waals surface area contributed by atoms with Crippen LogP contribution in [0.5, 0.6) is 0 Å². The molecular formula is C10H7ClN6O. The van der Waals surface area contributed by atoms with Gasteiger partial charge in [0.15, 0.2) is 11.3 Å². The number of anilines is 1. The molecule has 1 amide bonds. The summed E-state index contributed by atoms with van der Waals surface area (Å²) in [5.41, 5.74) is 11.8. The molecule has 2 aromatic heterocycles. The van der Waals surface area contributed by atoms with Crippen molar-refractivity contribution in [2.24, 2.45) is 5.73 Å². The fraction of sp³-hybridized carbons (Fsp3) is 0. The first kappa shape index (κ1) is 10.7. The van der Waals surface area contributed by atoms with Crippen molar-refractivity contribution in [3.8, 4) is 0 Å². The number of hydrogen-bond acceptors (Lipinski definition) is 5. The lowest BCUT2D eigenvalue weighted by molar-refractivity contribution is 0.0997. The molecular weight excluding hydrogens is 256 g/mol. The van der Waals surface area contributed by atoms with Gasteiger partial charge in [0.25, 0.3) is 5.91 Å². The number of hydrogen-bond donors (Lipinski definition) is 2. The molecule has 0 aliphatic carbocycles. The van der Waals surface area contributed by atoms with E-state index in [1.807, 2.05) is 0 Å². The van der Waals surface area contributed by atoms with Crippen LogP contribution in [-0.2, 0) is 0 Å². The fourth-order valence-corrected chi connectivity index (χ4v) is 2.08. The summed E-state index contributed by atoms with van der Waals surface area (Å²) in [6.45, 7) is 0. The zero-order valence-electron chi connectivity index (χ0n) is 8.96. The second kappa shape index (κ2) is 3.54. The number of nitrogen functional groups attached to an aromatic ring is 1. The largest absolute Gasteiger partial charge is 0.383 e. The molecule has 0 aliphatic heterocycles. The van der Waals surface area contributed by atoms with Crippen LogP contribution in [0, 0.1) is 0 Å². The number of halogens is 1. The van der Waals surface area contributed by atoms with E-state index in [0.29, 0.717) is 15.9 Å². The molecule has 90 valence electrons. The lowest BCUT2D eigenvalue weighted by atomic mass is 10.2. The topological polar surface area (TPSA) is 112 Å². The summed E-state index contributed by atoms with van der Waals surface area (Å²) >= 11 is 6.06. The predicted octanol–water partition coefficient (Wildman–Crippen LogP) is 0.612. The molecule has 7 nitrogen and oxygen atoms in total. The zero-order chi connectivity index (χ0) is 12.9. The molecule has 0 spiro atoms. The molecule has 0 bridgehead atoms. The van der Waals surface area contributed by atoms with Crippen molar-refractivity contribution in [3.05, 3.63) is 28.9 Å². The highest BCUT2D eigenvalue weighted by molar-refractivity contribution is 6.36. The Balaban J connectivity index is 2.56. The van der Waals surface area contributed by atoms with E-state index >= 15 is 0 Å². The number of carbonyl (C=O) groups excluding carboxylic acids is 1. The zero-order valence-corrected chi connectivity index (χ0v) is 9.72.